The average molecular weight is 269 g/mol. The Morgan fingerprint density at radius 2 is 1.85 bits per heavy atom. The second-order valence-electron chi connectivity index (χ2n) is 6.00. The molecule has 1 aromatic carbocycles. The second kappa shape index (κ2) is 4.42. The number of nitrogens with zero attached hydrogens (tertiary/aromatic N) is 3. The Morgan fingerprint density at radius 1 is 1.15 bits per heavy atom. The molecule has 1 aromatic rings. The van der Waals surface area contributed by atoms with Crippen molar-refractivity contribution in [3.05, 3.63) is 35.9 Å². The summed E-state index contributed by atoms with van der Waals surface area (Å²) in [6.45, 7) is 3.90. The number of fused-ring (bicyclic) bond motifs is 2. The highest BCUT2D eigenvalue weighted by atomic mass is 16.2. The number of hydrogen-bond acceptors (Lipinski definition) is 3. The highest BCUT2D eigenvalue weighted by Crippen LogP contribution is 2.43. The fourth-order valence-corrected chi connectivity index (χ4v) is 3.96. The van der Waals surface area contributed by atoms with Gasteiger partial charge in [0.05, 0.1) is 11.8 Å². The van der Waals surface area contributed by atoms with Gasteiger partial charge in [-0.05, 0) is 31.5 Å². The van der Waals surface area contributed by atoms with Crippen molar-refractivity contribution in [1.29, 1.82) is 0 Å². The van der Waals surface area contributed by atoms with Crippen LogP contribution in [0.5, 0.6) is 0 Å². The van der Waals surface area contributed by atoms with Gasteiger partial charge in [-0.15, -0.1) is 0 Å². The number of hydrogen-bond donors (Lipinski definition) is 0. The first-order valence-corrected chi connectivity index (χ1v) is 7.43. The highest BCUT2D eigenvalue weighted by Gasteiger charge is 2.50. The number of benzene rings is 1. The predicted octanol–water partition coefficient (Wildman–Crippen LogP) is 2.04. The van der Waals surface area contributed by atoms with Crippen molar-refractivity contribution in [2.75, 3.05) is 13.1 Å². The van der Waals surface area contributed by atoms with Gasteiger partial charge < -0.3 is 0 Å². The van der Waals surface area contributed by atoms with Crippen LogP contribution in [0, 0.1) is 5.92 Å². The summed E-state index contributed by atoms with van der Waals surface area (Å²) < 4.78 is 0. The summed E-state index contributed by atoms with van der Waals surface area (Å²) in [5, 5.41) is 6.42. The molecule has 3 saturated heterocycles. The molecule has 0 saturated carbocycles. The van der Waals surface area contributed by atoms with Crippen LogP contribution < -0.4 is 0 Å². The number of carbonyl (C=O) groups is 1. The van der Waals surface area contributed by atoms with Gasteiger partial charge in [-0.3, -0.25) is 9.69 Å². The molecule has 4 aliphatic rings. The molecule has 4 nitrogen and oxygen atoms in total. The molecule has 0 aromatic heterocycles. The van der Waals surface area contributed by atoms with Gasteiger partial charge in [0, 0.05) is 12.8 Å². The summed E-state index contributed by atoms with van der Waals surface area (Å²) in [7, 11) is 0. The highest BCUT2D eigenvalue weighted by molar-refractivity contribution is 5.97. The predicted molar refractivity (Wildman–Crippen MR) is 77.2 cm³/mol. The van der Waals surface area contributed by atoms with Crippen LogP contribution in [-0.4, -0.2) is 40.7 Å². The Labute approximate surface area is 119 Å². The third kappa shape index (κ3) is 1.64. The van der Waals surface area contributed by atoms with E-state index in [9.17, 15) is 4.79 Å². The normalized spacial score (nSPS) is 34.9. The maximum atomic E-state index is 12.0. The maximum Gasteiger partial charge on any atom is 0.240 e. The lowest BCUT2D eigenvalue weighted by Gasteiger charge is -2.46. The van der Waals surface area contributed by atoms with E-state index in [-0.39, 0.29) is 11.9 Å². The van der Waals surface area contributed by atoms with Crippen LogP contribution in [0.4, 0.5) is 0 Å². The Bertz CT molecular complexity index is 560. The van der Waals surface area contributed by atoms with Gasteiger partial charge in [-0.25, -0.2) is 5.01 Å². The monoisotopic (exact) mass is 269 g/mol. The zero-order chi connectivity index (χ0) is 13.7. The maximum absolute atomic E-state index is 12.0. The van der Waals surface area contributed by atoms with E-state index >= 15 is 0 Å². The van der Waals surface area contributed by atoms with Crippen LogP contribution in [0.3, 0.4) is 0 Å². The zero-order valence-electron chi connectivity index (χ0n) is 11.7. The molecule has 0 aliphatic carbocycles. The fraction of sp³-hybridized carbons (Fsp3) is 0.500. The summed E-state index contributed by atoms with van der Waals surface area (Å²) in [6.07, 6.45) is 2.39. The van der Waals surface area contributed by atoms with Crippen LogP contribution in [0.2, 0.25) is 0 Å². The van der Waals surface area contributed by atoms with Gasteiger partial charge in [-0.2, -0.15) is 5.10 Å². The van der Waals surface area contributed by atoms with Crippen LogP contribution in [-0.2, 0) is 4.79 Å². The molecule has 3 fully saturated rings. The molecule has 0 N–H and O–H groups in total. The largest absolute Gasteiger partial charge is 0.293 e. The molecule has 2 atom stereocenters. The van der Waals surface area contributed by atoms with Gasteiger partial charge in [0.1, 0.15) is 6.04 Å². The standard InChI is InChI=1S/C16H19N3O/c1-11(20)19-15(13-5-3-2-4-6-13)16-14(17-19)12-7-9-18(16)10-8-12/h2-6,12,15-16H,7-10H2,1H3/t15-,16-/m1/s1. The topological polar surface area (TPSA) is 35.9 Å². The molecule has 4 aliphatic heterocycles. The van der Waals surface area contributed by atoms with E-state index in [4.69, 9.17) is 5.10 Å². The van der Waals surface area contributed by atoms with Gasteiger partial charge in [0.25, 0.3) is 0 Å². The third-order valence-corrected chi connectivity index (χ3v) is 4.89. The van der Waals surface area contributed by atoms with E-state index in [0.29, 0.717) is 12.0 Å². The number of rotatable bonds is 1. The molecule has 1 amide bonds. The molecule has 104 valence electrons. The Balaban J connectivity index is 1.79. The molecular weight excluding hydrogens is 250 g/mol. The van der Waals surface area contributed by atoms with Crippen molar-refractivity contribution in [2.45, 2.75) is 31.8 Å². The first-order valence-electron chi connectivity index (χ1n) is 7.43. The number of hydrazone groups is 1. The summed E-state index contributed by atoms with van der Waals surface area (Å²) in [5.74, 6) is 0.627. The lowest BCUT2D eigenvalue weighted by molar-refractivity contribution is -0.131. The summed E-state index contributed by atoms with van der Waals surface area (Å²) in [6, 6.07) is 10.7. The Morgan fingerprint density at radius 3 is 2.50 bits per heavy atom. The lowest BCUT2D eigenvalue weighted by atomic mass is 9.78. The SMILES string of the molecule is CC(=O)N1N=C2C3CCN(CC3)[C@H]2[C@H]1c1ccccc1. The molecule has 0 spiro atoms. The Kier molecular flexibility index (Phi) is 2.67. The quantitative estimate of drug-likeness (QED) is 0.782. The molecular formula is C16H19N3O. The minimum absolute atomic E-state index is 0.0429. The van der Waals surface area contributed by atoms with Crippen molar-refractivity contribution in [2.24, 2.45) is 11.0 Å². The fourth-order valence-electron chi connectivity index (χ4n) is 3.96. The van der Waals surface area contributed by atoms with Crippen molar-refractivity contribution in [3.8, 4) is 0 Å². The van der Waals surface area contributed by atoms with Crippen molar-refractivity contribution < 1.29 is 4.79 Å². The molecule has 2 bridgehead atoms. The minimum atomic E-state index is 0.0429. The molecule has 20 heavy (non-hydrogen) atoms. The summed E-state index contributed by atoms with van der Waals surface area (Å²) in [5.41, 5.74) is 2.44. The lowest BCUT2D eigenvalue weighted by Crippen LogP contribution is -2.56. The average Bonchev–Trinajstić information content (AvgIpc) is 2.92. The van der Waals surface area contributed by atoms with Crippen molar-refractivity contribution >= 4 is 11.6 Å². The van der Waals surface area contributed by atoms with E-state index in [0.717, 1.165) is 13.1 Å². The smallest absolute Gasteiger partial charge is 0.240 e. The van der Waals surface area contributed by atoms with Gasteiger partial charge in [-0.1, -0.05) is 30.3 Å². The van der Waals surface area contributed by atoms with Crippen molar-refractivity contribution in [1.82, 2.24) is 9.91 Å². The van der Waals surface area contributed by atoms with Gasteiger partial charge in [0.15, 0.2) is 0 Å². The molecule has 4 heterocycles. The van der Waals surface area contributed by atoms with Crippen LogP contribution >= 0.6 is 0 Å². The van der Waals surface area contributed by atoms with E-state index in [2.05, 4.69) is 17.0 Å². The second-order valence-corrected chi connectivity index (χ2v) is 6.00. The minimum Gasteiger partial charge on any atom is -0.293 e. The molecule has 4 heteroatoms. The summed E-state index contributed by atoms with van der Waals surface area (Å²) in [4.78, 5) is 14.5. The van der Waals surface area contributed by atoms with E-state index < -0.39 is 0 Å². The molecule has 0 radical (unpaired) electrons. The van der Waals surface area contributed by atoms with Gasteiger partial charge in [0.2, 0.25) is 5.91 Å². The number of amides is 1. The third-order valence-electron chi connectivity index (χ3n) is 4.89. The number of carbonyl (C=O) groups excluding carboxylic acids is 1. The van der Waals surface area contributed by atoms with E-state index in [1.807, 2.05) is 18.2 Å². The Hall–Kier alpha value is -1.68. The molecule has 0 unspecified atom stereocenters. The molecule has 5 rings (SSSR count). The first kappa shape index (κ1) is 12.1. The zero-order valence-corrected chi connectivity index (χ0v) is 11.7. The van der Waals surface area contributed by atoms with E-state index in [1.54, 1.807) is 11.9 Å². The van der Waals surface area contributed by atoms with Crippen LogP contribution in [0.25, 0.3) is 0 Å². The summed E-state index contributed by atoms with van der Waals surface area (Å²) >= 11 is 0. The van der Waals surface area contributed by atoms with Crippen LogP contribution in [0.1, 0.15) is 31.4 Å². The van der Waals surface area contributed by atoms with Crippen LogP contribution in [0.15, 0.2) is 35.4 Å². The first-order chi connectivity index (χ1) is 9.75. The van der Waals surface area contributed by atoms with E-state index in [1.165, 1.54) is 24.1 Å². The van der Waals surface area contributed by atoms with Crippen molar-refractivity contribution in [3.63, 3.8) is 0 Å². The number of piperidine rings is 3. The van der Waals surface area contributed by atoms with Gasteiger partial charge >= 0.3 is 0 Å².